The Labute approximate surface area is 146 Å². The van der Waals surface area contributed by atoms with Gasteiger partial charge in [0.1, 0.15) is 23.1 Å². The van der Waals surface area contributed by atoms with Crippen molar-refractivity contribution in [3.05, 3.63) is 71.1 Å². The number of amides is 1. The van der Waals surface area contributed by atoms with E-state index in [4.69, 9.17) is 4.42 Å². The first-order valence-corrected chi connectivity index (χ1v) is 8.02. The molecule has 0 saturated carbocycles. The number of aryl methyl sites for hydroxylation is 3. The van der Waals surface area contributed by atoms with Gasteiger partial charge in [0.2, 0.25) is 0 Å². The van der Waals surface area contributed by atoms with E-state index < -0.39 is 0 Å². The number of benzene rings is 1. The Morgan fingerprint density at radius 2 is 1.92 bits per heavy atom. The van der Waals surface area contributed by atoms with Gasteiger partial charge in [0.15, 0.2) is 0 Å². The molecule has 3 rings (SSSR count). The third kappa shape index (κ3) is 4.23. The van der Waals surface area contributed by atoms with E-state index in [9.17, 15) is 4.79 Å². The first-order chi connectivity index (χ1) is 12.0. The Hall–Kier alpha value is -3.15. The number of hydrogen-bond donors (Lipinski definition) is 2. The van der Waals surface area contributed by atoms with Crippen LogP contribution in [0.25, 0.3) is 0 Å². The lowest BCUT2D eigenvalue weighted by molar-refractivity contribution is 0.102. The van der Waals surface area contributed by atoms with Crippen molar-refractivity contribution in [1.29, 1.82) is 0 Å². The highest BCUT2D eigenvalue weighted by Crippen LogP contribution is 2.16. The number of nitrogens with one attached hydrogen (secondary N) is 2. The number of carbonyl (C=O) groups excluding carboxylic acids is 1. The van der Waals surface area contributed by atoms with E-state index in [1.807, 2.05) is 44.2 Å². The highest BCUT2D eigenvalue weighted by Gasteiger charge is 2.11. The molecule has 0 atom stereocenters. The van der Waals surface area contributed by atoms with E-state index in [-0.39, 0.29) is 5.91 Å². The molecule has 1 amide bonds. The van der Waals surface area contributed by atoms with Crippen molar-refractivity contribution in [2.45, 2.75) is 27.3 Å². The van der Waals surface area contributed by atoms with Gasteiger partial charge in [-0.2, -0.15) is 0 Å². The first kappa shape index (κ1) is 16.7. The van der Waals surface area contributed by atoms with E-state index in [1.165, 1.54) is 5.56 Å². The average molecular weight is 336 g/mol. The summed E-state index contributed by atoms with van der Waals surface area (Å²) in [6.07, 6.45) is 1.62. The summed E-state index contributed by atoms with van der Waals surface area (Å²) < 4.78 is 5.28. The third-order valence-electron chi connectivity index (χ3n) is 3.86. The zero-order valence-corrected chi connectivity index (χ0v) is 14.5. The number of anilines is 2. The zero-order valence-electron chi connectivity index (χ0n) is 14.5. The highest BCUT2D eigenvalue weighted by molar-refractivity contribution is 6.03. The molecule has 6 heteroatoms. The van der Waals surface area contributed by atoms with Crippen LogP contribution in [-0.4, -0.2) is 15.9 Å². The predicted octanol–water partition coefficient (Wildman–Crippen LogP) is 3.86. The van der Waals surface area contributed by atoms with Crippen LogP contribution in [0.15, 0.2) is 47.1 Å². The summed E-state index contributed by atoms with van der Waals surface area (Å²) in [7, 11) is 0. The van der Waals surface area contributed by atoms with Crippen LogP contribution in [0.3, 0.4) is 0 Å². The maximum Gasteiger partial charge on any atom is 0.274 e. The fraction of sp³-hybridized carbons (Fsp3) is 0.211. The molecule has 2 aromatic heterocycles. The van der Waals surface area contributed by atoms with Crippen LogP contribution in [0, 0.1) is 20.8 Å². The lowest BCUT2D eigenvalue weighted by atomic mass is 10.1. The van der Waals surface area contributed by atoms with Gasteiger partial charge in [-0.15, -0.1) is 0 Å². The van der Waals surface area contributed by atoms with E-state index in [0.29, 0.717) is 23.9 Å². The van der Waals surface area contributed by atoms with Gasteiger partial charge in [-0.25, -0.2) is 9.97 Å². The molecule has 2 heterocycles. The Morgan fingerprint density at radius 3 is 2.64 bits per heavy atom. The normalized spacial score (nSPS) is 10.5. The van der Waals surface area contributed by atoms with E-state index >= 15 is 0 Å². The topological polar surface area (TPSA) is 80.0 Å². The molecule has 0 bridgehead atoms. The molecule has 1 aromatic carbocycles. The second kappa shape index (κ2) is 7.17. The molecule has 0 spiro atoms. The molecule has 0 radical (unpaired) electrons. The fourth-order valence-electron chi connectivity index (χ4n) is 2.38. The van der Waals surface area contributed by atoms with Gasteiger partial charge in [-0.1, -0.05) is 6.07 Å². The molecule has 2 N–H and O–H groups in total. The minimum Gasteiger partial charge on any atom is -0.467 e. The van der Waals surface area contributed by atoms with Gasteiger partial charge in [0.05, 0.1) is 12.8 Å². The summed E-state index contributed by atoms with van der Waals surface area (Å²) in [5, 5.41) is 6.01. The number of carbonyl (C=O) groups is 1. The second-order valence-electron chi connectivity index (χ2n) is 5.87. The molecular weight excluding hydrogens is 316 g/mol. The smallest absolute Gasteiger partial charge is 0.274 e. The van der Waals surface area contributed by atoms with Crippen molar-refractivity contribution in [3.8, 4) is 0 Å². The number of hydrogen-bond acceptors (Lipinski definition) is 5. The maximum absolute atomic E-state index is 12.5. The van der Waals surface area contributed by atoms with Crippen LogP contribution >= 0.6 is 0 Å². The first-order valence-electron chi connectivity index (χ1n) is 8.02. The Bertz CT molecular complexity index is 888. The predicted molar refractivity (Wildman–Crippen MR) is 96.7 cm³/mol. The molecule has 25 heavy (non-hydrogen) atoms. The molecule has 0 aliphatic heterocycles. The minimum atomic E-state index is -0.269. The van der Waals surface area contributed by atoms with Crippen molar-refractivity contribution in [2.24, 2.45) is 0 Å². The monoisotopic (exact) mass is 336 g/mol. The number of furan rings is 1. The molecule has 0 aliphatic carbocycles. The third-order valence-corrected chi connectivity index (χ3v) is 3.86. The SMILES string of the molecule is Cc1nc(NCc2ccco2)cc(C(=O)Nc2ccc(C)c(C)c2)n1. The minimum absolute atomic E-state index is 0.269. The standard InChI is InChI=1S/C19H20N4O2/c1-12-6-7-15(9-13(12)2)23-19(24)17-10-18(22-14(3)21-17)20-11-16-5-4-8-25-16/h4-10H,11H2,1-3H3,(H,23,24)(H,20,21,22). The van der Waals surface area contributed by atoms with Crippen LogP contribution in [0.1, 0.15) is 33.2 Å². The summed E-state index contributed by atoms with van der Waals surface area (Å²) in [6.45, 7) is 6.29. The highest BCUT2D eigenvalue weighted by atomic mass is 16.3. The summed E-state index contributed by atoms with van der Waals surface area (Å²) in [4.78, 5) is 21.0. The van der Waals surface area contributed by atoms with Crippen LogP contribution in [0.5, 0.6) is 0 Å². The number of rotatable bonds is 5. The van der Waals surface area contributed by atoms with Gasteiger partial charge in [-0.05, 0) is 56.2 Å². The summed E-state index contributed by atoms with van der Waals surface area (Å²) in [6, 6.07) is 11.1. The molecule has 0 unspecified atom stereocenters. The molecule has 6 nitrogen and oxygen atoms in total. The van der Waals surface area contributed by atoms with Gasteiger partial charge < -0.3 is 15.1 Å². The van der Waals surface area contributed by atoms with Gasteiger partial charge in [0, 0.05) is 11.8 Å². The fourth-order valence-corrected chi connectivity index (χ4v) is 2.38. The number of nitrogens with zero attached hydrogens (tertiary/aromatic N) is 2. The molecular formula is C19H20N4O2. The van der Waals surface area contributed by atoms with Crippen LogP contribution in [0.4, 0.5) is 11.5 Å². The quantitative estimate of drug-likeness (QED) is 0.739. The summed E-state index contributed by atoms with van der Waals surface area (Å²) in [5.41, 5.74) is 3.36. The molecule has 0 fully saturated rings. The largest absolute Gasteiger partial charge is 0.467 e. The van der Waals surface area contributed by atoms with E-state index in [0.717, 1.165) is 17.0 Å². The van der Waals surface area contributed by atoms with Crippen molar-refractivity contribution in [3.63, 3.8) is 0 Å². The number of aromatic nitrogens is 2. The Kier molecular flexibility index (Phi) is 4.79. The van der Waals surface area contributed by atoms with Crippen molar-refractivity contribution in [2.75, 3.05) is 10.6 Å². The summed E-state index contributed by atoms with van der Waals surface area (Å²) in [5.74, 6) is 1.62. The lowest BCUT2D eigenvalue weighted by Crippen LogP contribution is -2.16. The van der Waals surface area contributed by atoms with E-state index in [1.54, 1.807) is 19.3 Å². The zero-order chi connectivity index (χ0) is 17.8. The summed E-state index contributed by atoms with van der Waals surface area (Å²) >= 11 is 0. The second-order valence-corrected chi connectivity index (χ2v) is 5.87. The van der Waals surface area contributed by atoms with Crippen molar-refractivity contribution >= 4 is 17.4 Å². The van der Waals surface area contributed by atoms with Crippen LogP contribution < -0.4 is 10.6 Å². The molecule has 0 saturated heterocycles. The molecule has 128 valence electrons. The lowest BCUT2D eigenvalue weighted by Gasteiger charge is -2.09. The van der Waals surface area contributed by atoms with Gasteiger partial charge in [0.25, 0.3) is 5.91 Å². The Balaban J connectivity index is 1.74. The molecule has 3 aromatic rings. The van der Waals surface area contributed by atoms with Crippen molar-refractivity contribution < 1.29 is 9.21 Å². The van der Waals surface area contributed by atoms with Gasteiger partial charge in [-0.3, -0.25) is 4.79 Å². The van der Waals surface area contributed by atoms with E-state index in [2.05, 4.69) is 20.6 Å². The Morgan fingerprint density at radius 1 is 1.08 bits per heavy atom. The molecule has 0 aliphatic rings. The van der Waals surface area contributed by atoms with Gasteiger partial charge >= 0.3 is 0 Å². The maximum atomic E-state index is 12.5. The van der Waals surface area contributed by atoms with Crippen LogP contribution in [0.2, 0.25) is 0 Å². The van der Waals surface area contributed by atoms with Crippen LogP contribution in [-0.2, 0) is 6.54 Å². The average Bonchev–Trinajstić information content (AvgIpc) is 3.09. The van der Waals surface area contributed by atoms with Crippen molar-refractivity contribution in [1.82, 2.24) is 9.97 Å².